The third kappa shape index (κ3) is 3.49. The molecule has 1 aliphatic carbocycles. The van der Waals surface area contributed by atoms with Crippen molar-refractivity contribution in [1.29, 1.82) is 0 Å². The fraction of sp³-hybridized carbons (Fsp3) is 0.833. The molecule has 0 aliphatic heterocycles. The zero-order chi connectivity index (χ0) is 9.73. The molecule has 0 aromatic carbocycles. The van der Waals surface area contributed by atoms with Crippen LogP contribution >= 0.6 is 0 Å². The van der Waals surface area contributed by atoms with Gasteiger partial charge in [0.2, 0.25) is 0 Å². The molecule has 0 amide bonds. The van der Waals surface area contributed by atoms with E-state index in [9.17, 15) is 0 Å². The number of hydrogen-bond donors (Lipinski definition) is 0. The van der Waals surface area contributed by atoms with Crippen molar-refractivity contribution in [1.82, 2.24) is 0 Å². The molecular formula is C12H24Ge. The summed E-state index contributed by atoms with van der Waals surface area (Å²) in [7, 11) is 0. The Morgan fingerprint density at radius 1 is 1.23 bits per heavy atom. The Bertz CT molecular complexity index is 170. The maximum absolute atomic E-state index is 2.61. The third-order valence-corrected chi connectivity index (χ3v) is 12.0. The van der Waals surface area contributed by atoms with Gasteiger partial charge in [-0.05, 0) is 0 Å². The molecule has 0 spiro atoms. The van der Waals surface area contributed by atoms with Crippen LogP contribution in [0.15, 0.2) is 12.2 Å². The molecule has 0 aromatic heterocycles. The molecule has 0 bridgehead atoms. The summed E-state index contributed by atoms with van der Waals surface area (Å²) in [5, 5.41) is 1.59. The number of hydrogen-bond acceptors (Lipinski definition) is 0. The van der Waals surface area contributed by atoms with E-state index in [2.05, 4.69) is 30.6 Å². The second kappa shape index (κ2) is 5.23. The molecule has 1 atom stereocenters. The van der Waals surface area contributed by atoms with Crippen LogP contribution in [0.3, 0.4) is 0 Å². The van der Waals surface area contributed by atoms with E-state index in [0.29, 0.717) is 0 Å². The van der Waals surface area contributed by atoms with Gasteiger partial charge in [0.1, 0.15) is 0 Å². The number of allylic oxidation sites excluding steroid dienone is 2. The van der Waals surface area contributed by atoms with Crippen LogP contribution in [-0.4, -0.2) is 13.3 Å². The molecule has 1 heteroatoms. The van der Waals surface area contributed by atoms with Crippen molar-refractivity contribution in [3.63, 3.8) is 0 Å². The molecule has 1 aliphatic rings. The standard InChI is InChI=1S/C12H24Ge/c1-4-5-6-7-11-13(2,3)12-9-8-10-12/h8-9,12H,4-7,10-11H2,1-3H3. The first-order valence-electron chi connectivity index (χ1n) is 5.83. The van der Waals surface area contributed by atoms with Crippen molar-refractivity contribution in [2.24, 2.45) is 0 Å². The second-order valence-corrected chi connectivity index (χ2v) is 16.0. The van der Waals surface area contributed by atoms with Crippen LogP contribution in [0.25, 0.3) is 0 Å². The summed E-state index contributed by atoms with van der Waals surface area (Å²) in [5.41, 5.74) is 0. The molecular weight excluding hydrogens is 217 g/mol. The second-order valence-electron chi connectivity index (χ2n) is 5.07. The van der Waals surface area contributed by atoms with Gasteiger partial charge >= 0.3 is 86.0 Å². The Hall–Kier alpha value is 0.283. The first-order valence-corrected chi connectivity index (χ1v) is 12.7. The number of unbranched alkanes of at least 4 members (excludes halogenated alkanes) is 3. The first-order chi connectivity index (χ1) is 6.17. The van der Waals surface area contributed by atoms with E-state index >= 15 is 0 Å². The van der Waals surface area contributed by atoms with Gasteiger partial charge in [-0.1, -0.05) is 0 Å². The Labute approximate surface area is 86.2 Å². The van der Waals surface area contributed by atoms with E-state index in [4.69, 9.17) is 0 Å². The zero-order valence-electron chi connectivity index (χ0n) is 9.47. The molecule has 0 N–H and O–H groups in total. The van der Waals surface area contributed by atoms with Gasteiger partial charge in [0.25, 0.3) is 0 Å². The minimum absolute atomic E-state index is 1.06. The summed E-state index contributed by atoms with van der Waals surface area (Å²) in [6.07, 6.45) is 12.0. The van der Waals surface area contributed by atoms with Gasteiger partial charge in [-0.3, -0.25) is 0 Å². The van der Waals surface area contributed by atoms with E-state index in [-0.39, 0.29) is 0 Å². The summed E-state index contributed by atoms with van der Waals surface area (Å²) in [6, 6.07) is 0. The van der Waals surface area contributed by atoms with Crippen LogP contribution in [0.1, 0.15) is 39.0 Å². The molecule has 0 heterocycles. The third-order valence-electron chi connectivity index (χ3n) is 3.44. The fourth-order valence-corrected chi connectivity index (χ4v) is 8.26. The maximum atomic E-state index is 2.61. The van der Waals surface area contributed by atoms with Crippen molar-refractivity contribution >= 4 is 13.3 Å². The Balaban J connectivity index is 2.14. The van der Waals surface area contributed by atoms with Crippen LogP contribution in [-0.2, 0) is 0 Å². The minimum atomic E-state index is -1.35. The van der Waals surface area contributed by atoms with E-state index in [1.807, 2.05) is 0 Å². The van der Waals surface area contributed by atoms with E-state index in [0.717, 1.165) is 4.75 Å². The van der Waals surface area contributed by atoms with Gasteiger partial charge in [0, 0.05) is 0 Å². The Kier molecular flexibility index (Phi) is 4.57. The Morgan fingerprint density at radius 3 is 2.38 bits per heavy atom. The van der Waals surface area contributed by atoms with E-state index in [1.54, 1.807) is 5.25 Å². The summed E-state index contributed by atoms with van der Waals surface area (Å²) in [4.78, 5) is 0. The first kappa shape index (κ1) is 11.4. The van der Waals surface area contributed by atoms with Crippen molar-refractivity contribution in [2.45, 2.75) is 60.5 Å². The Morgan fingerprint density at radius 2 is 1.92 bits per heavy atom. The van der Waals surface area contributed by atoms with Gasteiger partial charge < -0.3 is 0 Å². The summed E-state index contributed by atoms with van der Waals surface area (Å²) in [5.74, 6) is 5.22. The molecule has 0 saturated heterocycles. The van der Waals surface area contributed by atoms with Gasteiger partial charge in [-0.15, -0.1) is 0 Å². The van der Waals surface area contributed by atoms with Crippen molar-refractivity contribution in [2.75, 3.05) is 0 Å². The van der Waals surface area contributed by atoms with Crippen LogP contribution in [0.2, 0.25) is 21.5 Å². The van der Waals surface area contributed by atoms with Crippen LogP contribution in [0, 0.1) is 0 Å². The van der Waals surface area contributed by atoms with Crippen molar-refractivity contribution in [3.05, 3.63) is 12.2 Å². The molecule has 0 aromatic rings. The molecule has 1 unspecified atom stereocenters. The number of rotatable bonds is 6. The molecule has 0 radical (unpaired) electrons. The van der Waals surface area contributed by atoms with Crippen LogP contribution in [0.5, 0.6) is 0 Å². The predicted octanol–water partition coefficient (Wildman–Crippen LogP) is 4.61. The molecule has 0 fully saturated rings. The summed E-state index contributed by atoms with van der Waals surface area (Å²) in [6.45, 7) is 2.29. The average Bonchev–Trinajstić information content (AvgIpc) is 1.93. The van der Waals surface area contributed by atoms with E-state index < -0.39 is 13.3 Å². The molecule has 0 nitrogen and oxygen atoms in total. The van der Waals surface area contributed by atoms with Crippen molar-refractivity contribution < 1.29 is 0 Å². The normalized spacial score (nSPS) is 21.6. The van der Waals surface area contributed by atoms with Gasteiger partial charge in [-0.25, -0.2) is 0 Å². The van der Waals surface area contributed by atoms with Gasteiger partial charge in [0.05, 0.1) is 0 Å². The zero-order valence-corrected chi connectivity index (χ0v) is 11.6. The predicted molar refractivity (Wildman–Crippen MR) is 63.9 cm³/mol. The quantitative estimate of drug-likeness (QED) is 0.362. The fourth-order valence-electron chi connectivity index (χ4n) is 2.04. The summed E-state index contributed by atoms with van der Waals surface area (Å²) >= 11 is -1.35. The average molecular weight is 241 g/mol. The molecule has 76 valence electrons. The van der Waals surface area contributed by atoms with Crippen LogP contribution in [0.4, 0.5) is 0 Å². The molecule has 0 saturated carbocycles. The summed E-state index contributed by atoms with van der Waals surface area (Å²) < 4.78 is 1.06. The SMILES string of the molecule is CCCCC[CH2][Ge]([CH3])([CH3])[CH]1C=CC1. The monoisotopic (exact) mass is 242 g/mol. The molecule has 13 heavy (non-hydrogen) atoms. The van der Waals surface area contributed by atoms with Gasteiger partial charge in [0.15, 0.2) is 0 Å². The van der Waals surface area contributed by atoms with Crippen molar-refractivity contribution in [3.8, 4) is 0 Å². The van der Waals surface area contributed by atoms with Gasteiger partial charge in [-0.2, -0.15) is 0 Å². The van der Waals surface area contributed by atoms with Crippen LogP contribution < -0.4 is 0 Å². The topological polar surface area (TPSA) is 0 Å². The molecule has 1 rings (SSSR count). The van der Waals surface area contributed by atoms with E-state index in [1.165, 1.54) is 32.1 Å².